The van der Waals surface area contributed by atoms with Crippen molar-refractivity contribution < 1.29 is 4.79 Å². The number of benzene rings is 1. The first-order valence-electron chi connectivity index (χ1n) is 6.29. The van der Waals surface area contributed by atoms with Crippen LogP contribution >= 0.6 is 0 Å². The molecule has 0 saturated heterocycles. The molecule has 3 heteroatoms. The molecule has 1 aromatic rings. The van der Waals surface area contributed by atoms with E-state index in [0.717, 1.165) is 30.7 Å². The number of carbonyl (C=O) groups excluding carboxylic acids is 1. The smallest absolute Gasteiger partial charge is 0.230 e. The summed E-state index contributed by atoms with van der Waals surface area (Å²) < 4.78 is 0. The molecule has 0 aromatic heterocycles. The first kappa shape index (κ1) is 10.5. The topological polar surface area (TPSA) is 41.5 Å². The number of amides is 1. The predicted octanol–water partition coefficient (Wildman–Crippen LogP) is 2.12. The van der Waals surface area contributed by atoms with Crippen molar-refractivity contribution in [2.45, 2.75) is 31.7 Å². The van der Waals surface area contributed by atoms with Gasteiger partial charge in [0.1, 0.15) is 5.84 Å². The summed E-state index contributed by atoms with van der Waals surface area (Å²) >= 11 is 0. The molecule has 2 aliphatic rings. The van der Waals surface area contributed by atoms with Crippen LogP contribution in [-0.4, -0.2) is 17.8 Å². The zero-order valence-corrected chi connectivity index (χ0v) is 9.73. The molecule has 17 heavy (non-hydrogen) atoms. The Hall–Kier alpha value is -1.64. The second kappa shape index (κ2) is 4.32. The fraction of sp³-hybridized carbons (Fsp3) is 0.429. The van der Waals surface area contributed by atoms with Crippen molar-refractivity contribution in [2.75, 3.05) is 0 Å². The summed E-state index contributed by atoms with van der Waals surface area (Å²) in [5.74, 6) is 1.01. The summed E-state index contributed by atoms with van der Waals surface area (Å²) in [5, 5.41) is 2.94. The number of rotatable bonds is 1. The van der Waals surface area contributed by atoms with E-state index in [1.807, 2.05) is 30.3 Å². The predicted molar refractivity (Wildman–Crippen MR) is 66.9 cm³/mol. The number of nitrogens with zero attached hydrogens (tertiary/aromatic N) is 1. The monoisotopic (exact) mass is 228 g/mol. The largest absolute Gasteiger partial charge is 0.310 e. The van der Waals surface area contributed by atoms with Crippen molar-refractivity contribution in [3.05, 3.63) is 35.9 Å². The van der Waals surface area contributed by atoms with Crippen LogP contribution in [0.25, 0.3) is 0 Å². The molecule has 1 aliphatic heterocycles. The van der Waals surface area contributed by atoms with Crippen LogP contribution < -0.4 is 5.32 Å². The second-order valence-electron chi connectivity index (χ2n) is 4.79. The molecule has 1 heterocycles. The van der Waals surface area contributed by atoms with Crippen molar-refractivity contribution in [1.29, 1.82) is 0 Å². The van der Waals surface area contributed by atoms with Gasteiger partial charge in [0.15, 0.2) is 0 Å². The van der Waals surface area contributed by atoms with E-state index in [2.05, 4.69) is 5.32 Å². The molecule has 3 rings (SSSR count). The van der Waals surface area contributed by atoms with Crippen LogP contribution in [0.1, 0.15) is 31.2 Å². The molecule has 0 unspecified atom stereocenters. The number of hydrogen-bond acceptors (Lipinski definition) is 2. The normalized spacial score (nSPS) is 28.0. The summed E-state index contributed by atoms with van der Waals surface area (Å²) in [7, 11) is 0. The summed E-state index contributed by atoms with van der Waals surface area (Å²) in [6.45, 7) is 0. The first-order chi connectivity index (χ1) is 8.34. The van der Waals surface area contributed by atoms with E-state index in [9.17, 15) is 4.79 Å². The van der Waals surface area contributed by atoms with Crippen LogP contribution in [0.5, 0.6) is 0 Å². The van der Waals surface area contributed by atoms with Crippen LogP contribution in [0.4, 0.5) is 0 Å². The Kier molecular flexibility index (Phi) is 2.67. The van der Waals surface area contributed by atoms with Gasteiger partial charge in [-0.1, -0.05) is 43.2 Å². The SMILES string of the molecule is O=C1NC(c2ccccc2)=N[C@@H]2CCCC[C@@H]12. The molecule has 2 atom stereocenters. The number of aliphatic imine (C=N–C) groups is 1. The van der Waals surface area contributed by atoms with E-state index in [4.69, 9.17) is 4.99 Å². The molecule has 1 amide bonds. The van der Waals surface area contributed by atoms with Crippen LogP contribution in [0.15, 0.2) is 35.3 Å². The molecule has 1 N–H and O–H groups in total. The molecule has 88 valence electrons. The Morgan fingerprint density at radius 1 is 1.12 bits per heavy atom. The summed E-state index contributed by atoms with van der Waals surface area (Å²) in [4.78, 5) is 16.7. The lowest BCUT2D eigenvalue weighted by Gasteiger charge is -2.32. The van der Waals surface area contributed by atoms with Crippen molar-refractivity contribution in [1.82, 2.24) is 5.32 Å². The van der Waals surface area contributed by atoms with E-state index < -0.39 is 0 Å². The lowest BCUT2D eigenvalue weighted by atomic mass is 9.83. The Morgan fingerprint density at radius 3 is 2.71 bits per heavy atom. The van der Waals surface area contributed by atoms with Gasteiger partial charge in [-0.05, 0) is 12.8 Å². The number of carbonyl (C=O) groups is 1. The highest BCUT2D eigenvalue weighted by molar-refractivity contribution is 6.10. The van der Waals surface area contributed by atoms with Crippen molar-refractivity contribution in [2.24, 2.45) is 10.9 Å². The molecule has 1 saturated carbocycles. The lowest BCUT2D eigenvalue weighted by Crippen LogP contribution is -2.47. The lowest BCUT2D eigenvalue weighted by molar-refractivity contribution is -0.125. The van der Waals surface area contributed by atoms with E-state index >= 15 is 0 Å². The Bertz CT molecular complexity index is 453. The first-order valence-corrected chi connectivity index (χ1v) is 6.29. The zero-order valence-electron chi connectivity index (χ0n) is 9.73. The average Bonchev–Trinajstić information content (AvgIpc) is 2.40. The van der Waals surface area contributed by atoms with Gasteiger partial charge in [0.05, 0.1) is 12.0 Å². The third kappa shape index (κ3) is 1.97. The minimum Gasteiger partial charge on any atom is -0.310 e. The number of hydrogen-bond donors (Lipinski definition) is 1. The summed E-state index contributed by atoms with van der Waals surface area (Å²) in [6, 6.07) is 10.1. The average molecular weight is 228 g/mol. The van der Waals surface area contributed by atoms with E-state index in [1.54, 1.807) is 0 Å². The molecular weight excluding hydrogens is 212 g/mol. The standard InChI is InChI=1S/C14H16N2O/c17-14-11-8-4-5-9-12(11)15-13(16-14)10-6-2-1-3-7-10/h1-3,6-7,11-12H,4-5,8-9H2,(H,15,16,17)/t11-,12-/m1/s1. The maximum atomic E-state index is 12.0. The highest BCUT2D eigenvalue weighted by Gasteiger charge is 2.34. The van der Waals surface area contributed by atoms with E-state index in [1.165, 1.54) is 6.42 Å². The number of amidine groups is 1. The third-order valence-corrected chi connectivity index (χ3v) is 3.65. The van der Waals surface area contributed by atoms with Crippen LogP contribution in [0.2, 0.25) is 0 Å². The van der Waals surface area contributed by atoms with Crippen molar-refractivity contribution in [3.63, 3.8) is 0 Å². The van der Waals surface area contributed by atoms with Gasteiger partial charge in [-0.3, -0.25) is 9.79 Å². The fourth-order valence-corrected chi connectivity index (χ4v) is 2.72. The van der Waals surface area contributed by atoms with Gasteiger partial charge in [-0.2, -0.15) is 0 Å². The van der Waals surface area contributed by atoms with Gasteiger partial charge in [0.2, 0.25) is 5.91 Å². The summed E-state index contributed by atoms with van der Waals surface area (Å²) in [5.41, 5.74) is 1.00. The van der Waals surface area contributed by atoms with Gasteiger partial charge >= 0.3 is 0 Å². The maximum Gasteiger partial charge on any atom is 0.230 e. The van der Waals surface area contributed by atoms with Crippen LogP contribution in [-0.2, 0) is 4.79 Å². The third-order valence-electron chi connectivity index (χ3n) is 3.65. The van der Waals surface area contributed by atoms with Gasteiger partial charge in [-0.15, -0.1) is 0 Å². The van der Waals surface area contributed by atoms with Gasteiger partial charge < -0.3 is 5.32 Å². The molecule has 0 bridgehead atoms. The Balaban J connectivity index is 1.92. The molecule has 1 aromatic carbocycles. The van der Waals surface area contributed by atoms with Gasteiger partial charge in [0, 0.05) is 5.56 Å². The molecular formula is C14H16N2O. The number of nitrogens with one attached hydrogen (secondary N) is 1. The Morgan fingerprint density at radius 2 is 1.88 bits per heavy atom. The minimum absolute atomic E-state index is 0.108. The number of fused-ring (bicyclic) bond motifs is 1. The van der Waals surface area contributed by atoms with Gasteiger partial charge in [0.25, 0.3) is 0 Å². The quantitative estimate of drug-likeness (QED) is 0.786. The molecule has 1 fully saturated rings. The van der Waals surface area contributed by atoms with Crippen molar-refractivity contribution in [3.8, 4) is 0 Å². The molecule has 1 aliphatic carbocycles. The minimum atomic E-state index is 0.108. The Labute approximate surface area is 101 Å². The fourth-order valence-electron chi connectivity index (χ4n) is 2.72. The maximum absolute atomic E-state index is 12.0. The second-order valence-corrected chi connectivity index (χ2v) is 4.79. The highest BCUT2D eigenvalue weighted by atomic mass is 16.2. The van der Waals surface area contributed by atoms with Crippen molar-refractivity contribution >= 4 is 11.7 Å². The molecule has 0 spiro atoms. The highest BCUT2D eigenvalue weighted by Crippen LogP contribution is 2.29. The van der Waals surface area contributed by atoms with E-state index in [-0.39, 0.29) is 17.9 Å². The van der Waals surface area contributed by atoms with E-state index in [0.29, 0.717) is 0 Å². The zero-order chi connectivity index (χ0) is 11.7. The van der Waals surface area contributed by atoms with Crippen LogP contribution in [0.3, 0.4) is 0 Å². The van der Waals surface area contributed by atoms with Crippen LogP contribution in [0, 0.1) is 5.92 Å². The summed E-state index contributed by atoms with van der Waals surface area (Å²) in [6.07, 6.45) is 4.39. The molecule has 0 radical (unpaired) electrons. The van der Waals surface area contributed by atoms with Gasteiger partial charge in [-0.25, -0.2) is 0 Å². The molecule has 3 nitrogen and oxygen atoms in total.